The molecule has 1 aliphatic rings. The number of hydrogen-bond donors (Lipinski definition) is 2. The minimum Gasteiger partial charge on any atom is -0.447 e. The molecule has 2 N–H and O–H groups in total. The summed E-state index contributed by atoms with van der Waals surface area (Å²) in [5, 5.41) is 13.3. The van der Waals surface area contributed by atoms with Crippen LogP contribution in [0.2, 0.25) is 0 Å². The number of benzene rings is 1. The quantitative estimate of drug-likeness (QED) is 0.672. The topological polar surface area (TPSA) is 81.8 Å². The number of nitrogens with one attached hydrogen (secondary N) is 1. The van der Waals surface area contributed by atoms with Crippen LogP contribution in [0.3, 0.4) is 0 Å². The Morgan fingerprint density at radius 1 is 1.17 bits per heavy atom. The summed E-state index contributed by atoms with van der Waals surface area (Å²) in [7, 11) is 0. The highest BCUT2D eigenvalue weighted by Crippen LogP contribution is 2.16. The van der Waals surface area contributed by atoms with Crippen molar-refractivity contribution in [3.05, 3.63) is 53.7 Å². The summed E-state index contributed by atoms with van der Waals surface area (Å²) in [6.45, 7) is 9.65. The fourth-order valence-electron chi connectivity index (χ4n) is 3.40. The first-order valence-corrected chi connectivity index (χ1v) is 10.4. The first kappa shape index (κ1) is 21.5. The smallest absolute Gasteiger partial charge is 0.273 e. The van der Waals surface area contributed by atoms with E-state index in [-0.39, 0.29) is 5.91 Å². The van der Waals surface area contributed by atoms with Crippen molar-refractivity contribution in [2.45, 2.75) is 32.9 Å². The predicted molar refractivity (Wildman–Crippen MR) is 111 cm³/mol. The number of aliphatic hydroxyl groups excluding tert-OH is 1. The molecule has 0 aliphatic carbocycles. The normalized spacial score (nSPS) is 16.8. The maximum Gasteiger partial charge on any atom is 0.273 e. The highest BCUT2D eigenvalue weighted by Gasteiger charge is 2.21. The third-order valence-corrected chi connectivity index (χ3v) is 5.23. The van der Waals surface area contributed by atoms with E-state index >= 15 is 0 Å². The van der Waals surface area contributed by atoms with Crippen LogP contribution in [0.4, 0.5) is 0 Å². The highest BCUT2D eigenvalue weighted by molar-refractivity contribution is 5.91. The number of nitrogens with zero attached hydrogens (tertiary/aromatic N) is 3. The first-order chi connectivity index (χ1) is 14.0. The van der Waals surface area contributed by atoms with Crippen molar-refractivity contribution in [1.29, 1.82) is 0 Å². The molecule has 158 valence electrons. The van der Waals surface area contributed by atoms with Crippen LogP contribution in [0.25, 0.3) is 0 Å². The molecule has 1 aromatic heterocycles. The lowest BCUT2D eigenvalue weighted by Gasteiger charge is -2.35. The minimum absolute atomic E-state index is 0.180. The number of β-amino-alcohol motifs (C(OH)–C–C–N with tert-alkyl or cyclic N) is 1. The van der Waals surface area contributed by atoms with E-state index in [4.69, 9.17) is 4.42 Å². The van der Waals surface area contributed by atoms with Crippen LogP contribution in [-0.2, 0) is 6.54 Å². The molecular formula is C22H32N4O3. The molecule has 2 aromatic rings. The molecule has 0 radical (unpaired) electrons. The van der Waals surface area contributed by atoms with Crippen LogP contribution in [0, 0.1) is 5.92 Å². The second kappa shape index (κ2) is 10.5. The number of aromatic nitrogens is 1. The van der Waals surface area contributed by atoms with Gasteiger partial charge in [0.05, 0.1) is 12.6 Å². The fraction of sp³-hybridized carbons (Fsp3) is 0.545. The zero-order valence-electron chi connectivity index (χ0n) is 17.4. The van der Waals surface area contributed by atoms with Gasteiger partial charge in [0.15, 0.2) is 5.69 Å². The molecule has 7 nitrogen and oxygen atoms in total. The fourth-order valence-corrected chi connectivity index (χ4v) is 3.40. The van der Waals surface area contributed by atoms with E-state index in [1.54, 1.807) is 0 Å². The van der Waals surface area contributed by atoms with Gasteiger partial charge in [-0.25, -0.2) is 4.98 Å². The number of carbonyl (C=O) groups excluding carboxylic acids is 1. The van der Waals surface area contributed by atoms with Gasteiger partial charge in [-0.15, -0.1) is 0 Å². The second-order valence-corrected chi connectivity index (χ2v) is 8.07. The predicted octanol–water partition coefficient (Wildman–Crippen LogP) is 2.30. The Bertz CT molecular complexity index is 754. The lowest BCUT2D eigenvalue weighted by molar-refractivity contribution is 0.0671. The highest BCUT2D eigenvalue weighted by atomic mass is 16.3. The summed E-state index contributed by atoms with van der Waals surface area (Å²) in [4.78, 5) is 21.0. The van der Waals surface area contributed by atoms with Crippen molar-refractivity contribution >= 4 is 5.91 Å². The largest absolute Gasteiger partial charge is 0.447 e. The van der Waals surface area contributed by atoms with E-state index in [1.807, 2.05) is 30.3 Å². The van der Waals surface area contributed by atoms with Crippen molar-refractivity contribution in [2.24, 2.45) is 5.92 Å². The van der Waals surface area contributed by atoms with Gasteiger partial charge in [0, 0.05) is 39.3 Å². The molecular weight excluding hydrogens is 368 g/mol. The van der Waals surface area contributed by atoms with Gasteiger partial charge in [0.2, 0.25) is 5.89 Å². The molecule has 7 heteroatoms. The van der Waals surface area contributed by atoms with Gasteiger partial charge >= 0.3 is 0 Å². The van der Waals surface area contributed by atoms with Crippen molar-refractivity contribution in [3.8, 4) is 0 Å². The number of piperazine rings is 1. The van der Waals surface area contributed by atoms with Crippen molar-refractivity contribution in [3.63, 3.8) is 0 Å². The maximum absolute atomic E-state index is 12.1. The molecule has 1 atom stereocenters. The second-order valence-electron chi connectivity index (χ2n) is 8.07. The molecule has 1 fully saturated rings. The lowest BCUT2D eigenvalue weighted by atomic mass is 10.1. The number of hydrogen-bond acceptors (Lipinski definition) is 6. The molecule has 0 saturated carbocycles. The van der Waals surface area contributed by atoms with Gasteiger partial charge in [-0.05, 0) is 17.9 Å². The molecule has 2 heterocycles. The zero-order valence-corrected chi connectivity index (χ0v) is 17.4. The first-order valence-electron chi connectivity index (χ1n) is 10.4. The van der Waals surface area contributed by atoms with Gasteiger partial charge < -0.3 is 14.8 Å². The molecule has 29 heavy (non-hydrogen) atoms. The molecule has 3 rings (SSSR count). The molecule has 1 saturated heterocycles. The Morgan fingerprint density at radius 3 is 2.55 bits per heavy atom. The van der Waals surface area contributed by atoms with Crippen molar-refractivity contribution in [2.75, 3.05) is 39.3 Å². The van der Waals surface area contributed by atoms with Crippen LogP contribution >= 0.6 is 0 Å². The molecule has 0 unspecified atom stereocenters. The maximum atomic E-state index is 12.1. The summed E-state index contributed by atoms with van der Waals surface area (Å²) in [6, 6.07) is 9.77. The lowest BCUT2D eigenvalue weighted by Crippen LogP contribution is -2.47. The molecule has 1 aromatic carbocycles. The number of carbonyl (C=O) groups is 1. The average molecular weight is 401 g/mol. The third kappa shape index (κ3) is 6.66. The summed E-state index contributed by atoms with van der Waals surface area (Å²) >= 11 is 0. The Kier molecular flexibility index (Phi) is 7.80. The summed E-state index contributed by atoms with van der Waals surface area (Å²) < 4.78 is 5.50. The molecule has 0 spiro atoms. The van der Waals surface area contributed by atoms with E-state index in [2.05, 4.69) is 33.9 Å². The number of amides is 1. The number of aliphatic hydroxyl groups is 1. The van der Waals surface area contributed by atoms with Crippen LogP contribution in [-0.4, -0.2) is 65.1 Å². The zero-order chi connectivity index (χ0) is 20.6. The number of oxazole rings is 1. The van der Waals surface area contributed by atoms with Crippen LogP contribution in [0.5, 0.6) is 0 Å². The Labute approximate surface area is 172 Å². The Hall–Kier alpha value is -2.22. The van der Waals surface area contributed by atoms with E-state index in [0.717, 1.165) is 38.2 Å². The minimum atomic E-state index is -0.466. The van der Waals surface area contributed by atoms with Gasteiger partial charge in [-0.3, -0.25) is 14.6 Å². The van der Waals surface area contributed by atoms with Gasteiger partial charge in [-0.2, -0.15) is 0 Å². The van der Waals surface area contributed by atoms with E-state index in [1.165, 1.54) is 6.26 Å². The van der Waals surface area contributed by atoms with Crippen LogP contribution in [0.1, 0.15) is 48.3 Å². The third-order valence-electron chi connectivity index (χ3n) is 5.23. The average Bonchev–Trinajstić information content (AvgIpc) is 3.18. The van der Waals surface area contributed by atoms with Crippen molar-refractivity contribution in [1.82, 2.24) is 20.1 Å². The van der Waals surface area contributed by atoms with Crippen molar-refractivity contribution < 1.29 is 14.3 Å². The SMILES string of the molecule is CC(C)CCNC(=O)c1coc(CN2CCN(C[C@H](O)c3ccccc3)CC2)n1. The van der Waals surface area contributed by atoms with E-state index in [0.29, 0.717) is 37.1 Å². The Balaban J connectivity index is 1.40. The monoisotopic (exact) mass is 400 g/mol. The summed E-state index contributed by atoms with van der Waals surface area (Å²) in [5.41, 5.74) is 1.29. The van der Waals surface area contributed by atoms with Gasteiger partial charge in [-0.1, -0.05) is 44.2 Å². The standard InChI is InChI=1S/C22H32N4O3/c1-17(2)8-9-23-22(28)19-16-29-21(24-19)15-26-12-10-25(11-13-26)14-20(27)18-6-4-3-5-7-18/h3-7,16-17,20,27H,8-15H2,1-2H3,(H,23,28)/t20-/m0/s1. The Morgan fingerprint density at radius 2 is 1.86 bits per heavy atom. The molecule has 0 bridgehead atoms. The summed E-state index contributed by atoms with van der Waals surface area (Å²) in [5.74, 6) is 0.938. The molecule has 1 aliphatic heterocycles. The summed E-state index contributed by atoms with van der Waals surface area (Å²) in [6.07, 6.45) is 1.91. The molecule has 1 amide bonds. The van der Waals surface area contributed by atoms with Gasteiger partial charge in [0.1, 0.15) is 6.26 Å². The van der Waals surface area contributed by atoms with Gasteiger partial charge in [0.25, 0.3) is 5.91 Å². The van der Waals surface area contributed by atoms with Crippen LogP contribution in [0.15, 0.2) is 41.0 Å². The number of rotatable bonds is 9. The van der Waals surface area contributed by atoms with E-state index < -0.39 is 6.10 Å². The van der Waals surface area contributed by atoms with Crippen LogP contribution < -0.4 is 5.32 Å². The van der Waals surface area contributed by atoms with E-state index in [9.17, 15) is 9.90 Å².